The van der Waals surface area contributed by atoms with E-state index >= 15 is 0 Å². The van der Waals surface area contributed by atoms with Crippen LogP contribution < -0.4 is 0 Å². The number of aryl methyl sites for hydroxylation is 2. The molecule has 0 saturated carbocycles. The van der Waals surface area contributed by atoms with Gasteiger partial charge in [0, 0.05) is 13.0 Å². The normalized spacial score (nSPS) is 23.3. The molecule has 1 saturated heterocycles. The minimum atomic E-state index is -0.243. The number of aromatic nitrogens is 3. The van der Waals surface area contributed by atoms with Crippen molar-refractivity contribution in [1.82, 2.24) is 20.1 Å². The van der Waals surface area contributed by atoms with Crippen LogP contribution in [0.25, 0.3) is 0 Å². The highest BCUT2D eigenvalue weighted by Crippen LogP contribution is 2.34. The molecule has 6 nitrogen and oxygen atoms in total. The number of nitrogens with one attached hydrogen (secondary N) is 1. The highest BCUT2D eigenvalue weighted by atomic mass is 16.5. The van der Waals surface area contributed by atoms with Gasteiger partial charge in [-0.05, 0) is 30.4 Å². The van der Waals surface area contributed by atoms with Crippen molar-refractivity contribution in [2.75, 3.05) is 19.7 Å². The monoisotopic (exact) mass is 340 g/mol. The maximum Gasteiger partial charge on any atom is 0.230 e. The molecule has 132 valence electrons. The van der Waals surface area contributed by atoms with Gasteiger partial charge in [0.2, 0.25) is 5.91 Å². The zero-order valence-corrected chi connectivity index (χ0v) is 14.6. The van der Waals surface area contributed by atoms with E-state index in [4.69, 9.17) is 4.74 Å². The summed E-state index contributed by atoms with van der Waals surface area (Å²) in [5.74, 6) is 1.69. The van der Waals surface area contributed by atoms with Gasteiger partial charge < -0.3 is 9.64 Å². The zero-order chi connectivity index (χ0) is 17.2. The van der Waals surface area contributed by atoms with Crippen molar-refractivity contribution in [2.45, 2.75) is 44.6 Å². The number of hydrogen-bond acceptors (Lipinski definition) is 4. The smallest absolute Gasteiger partial charge is 0.230 e. The van der Waals surface area contributed by atoms with E-state index in [0.29, 0.717) is 25.5 Å². The van der Waals surface area contributed by atoms with E-state index in [1.54, 1.807) is 0 Å². The predicted octanol–water partition coefficient (Wildman–Crippen LogP) is 2.39. The lowest BCUT2D eigenvalue weighted by Crippen LogP contribution is -2.45. The van der Waals surface area contributed by atoms with Crippen molar-refractivity contribution in [2.24, 2.45) is 0 Å². The molecule has 1 fully saturated rings. The van der Waals surface area contributed by atoms with Crippen LogP contribution in [0.3, 0.4) is 0 Å². The van der Waals surface area contributed by atoms with Crippen molar-refractivity contribution in [3.63, 3.8) is 0 Å². The summed E-state index contributed by atoms with van der Waals surface area (Å²) in [4.78, 5) is 19.6. The molecule has 1 N–H and O–H groups in total. The second-order valence-electron chi connectivity index (χ2n) is 6.78. The Bertz CT molecular complexity index is 757. The predicted molar refractivity (Wildman–Crippen MR) is 93.2 cm³/mol. The number of benzene rings is 1. The summed E-state index contributed by atoms with van der Waals surface area (Å²) in [6, 6.07) is 8.35. The Hall–Kier alpha value is -2.21. The molecule has 1 aliphatic heterocycles. The first-order chi connectivity index (χ1) is 12.3. The number of H-pyrrole nitrogens is 1. The first kappa shape index (κ1) is 16.3. The molecule has 4 rings (SSSR count). The van der Waals surface area contributed by atoms with Crippen LogP contribution in [0.4, 0.5) is 0 Å². The molecule has 0 spiro atoms. The molecule has 0 bridgehead atoms. The fraction of sp³-hybridized carbons (Fsp3) is 0.526. The minimum absolute atomic E-state index is 0.0259. The van der Waals surface area contributed by atoms with Crippen molar-refractivity contribution < 1.29 is 9.53 Å². The first-order valence-electron chi connectivity index (χ1n) is 9.15. The molecule has 1 aromatic heterocycles. The van der Waals surface area contributed by atoms with Crippen molar-refractivity contribution in [1.29, 1.82) is 0 Å². The van der Waals surface area contributed by atoms with Gasteiger partial charge in [-0.3, -0.25) is 9.89 Å². The fourth-order valence-corrected chi connectivity index (χ4v) is 3.85. The Morgan fingerprint density at radius 3 is 3.12 bits per heavy atom. The van der Waals surface area contributed by atoms with Gasteiger partial charge in [-0.25, -0.2) is 4.98 Å². The molecule has 6 heteroatoms. The number of hydrogen-bond donors (Lipinski definition) is 1. The Morgan fingerprint density at radius 2 is 2.28 bits per heavy atom. The molecular formula is C19H24N4O2. The van der Waals surface area contributed by atoms with Crippen LogP contribution in [0.5, 0.6) is 0 Å². The third kappa shape index (κ3) is 3.18. The average molecular weight is 340 g/mol. The quantitative estimate of drug-likeness (QED) is 0.931. The first-order valence-corrected chi connectivity index (χ1v) is 9.15. The second kappa shape index (κ2) is 6.96. The van der Waals surface area contributed by atoms with E-state index in [1.165, 1.54) is 11.1 Å². The maximum atomic E-state index is 13.2. The zero-order valence-electron chi connectivity index (χ0n) is 14.6. The minimum Gasteiger partial charge on any atom is -0.366 e. The average Bonchev–Trinajstić information content (AvgIpc) is 3.16. The molecule has 0 unspecified atom stereocenters. The fourth-order valence-electron chi connectivity index (χ4n) is 3.85. The summed E-state index contributed by atoms with van der Waals surface area (Å²) < 4.78 is 5.82. The lowest BCUT2D eigenvalue weighted by molar-refractivity contribution is -0.141. The molecule has 1 amide bonds. The van der Waals surface area contributed by atoms with Gasteiger partial charge in [-0.2, -0.15) is 5.10 Å². The molecule has 25 heavy (non-hydrogen) atoms. The second-order valence-corrected chi connectivity index (χ2v) is 6.78. The van der Waals surface area contributed by atoms with Crippen LogP contribution in [-0.4, -0.2) is 45.7 Å². The molecule has 2 aromatic rings. The number of carbonyl (C=O) groups is 1. The van der Waals surface area contributed by atoms with E-state index in [1.807, 2.05) is 17.9 Å². The molecule has 2 aliphatic rings. The number of nitrogens with zero attached hydrogens (tertiary/aromatic N) is 3. The van der Waals surface area contributed by atoms with Crippen LogP contribution in [0.1, 0.15) is 54.6 Å². The molecule has 1 aromatic carbocycles. The molecule has 0 radical (unpaired) electrons. The summed E-state index contributed by atoms with van der Waals surface area (Å²) in [5.41, 5.74) is 2.52. The number of amides is 1. The number of ether oxygens (including phenoxy) is 1. The van der Waals surface area contributed by atoms with Crippen molar-refractivity contribution in [3.05, 3.63) is 47.0 Å². The SMILES string of the molecule is CCc1nc([C@@H]2CN(C(=O)[C@H]3CCCc4ccccc43)CCO2)n[nH]1. The van der Waals surface area contributed by atoms with Crippen LogP contribution in [0.2, 0.25) is 0 Å². The van der Waals surface area contributed by atoms with Gasteiger partial charge in [0.05, 0.1) is 19.1 Å². The highest BCUT2D eigenvalue weighted by molar-refractivity contribution is 5.84. The van der Waals surface area contributed by atoms with Crippen LogP contribution in [0.15, 0.2) is 24.3 Å². The molecule has 1 aliphatic carbocycles. The summed E-state index contributed by atoms with van der Waals surface area (Å²) in [5, 5.41) is 7.18. The molecule has 2 heterocycles. The number of rotatable bonds is 3. The molecule has 2 atom stereocenters. The van der Waals surface area contributed by atoms with E-state index < -0.39 is 0 Å². The van der Waals surface area contributed by atoms with Crippen LogP contribution in [0, 0.1) is 0 Å². The van der Waals surface area contributed by atoms with Crippen molar-refractivity contribution >= 4 is 5.91 Å². The van der Waals surface area contributed by atoms with Gasteiger partial charge in [0.25, 0.3) is 0 Å². The number of morpholine rings is 1. The van der Waals surface area contributed by atoms with Gasteiger partial charge in [0.15, 0.2) is 5.82 Å². The highest BCUT2D eigenvalue weighted by Gasteiger charge is 2.34. The van der Waals surface area contributed by atoms with Crippen molar-refractivity contribution in [3.8, 4) is 0 Å². The van der Waals surface area contributed by atoms with Crippen LogP contribution >= 0.6 is 0 Å². The van der Waals surface area contributed by atoms with Gasteiger partial charge in [-0.15, -0.1) is 0 Å². The van der Waals surface area contributed by atoms with Gasteiger partial charge >= 0.3 is 0 Å². The van der Waals surface area contributed by atoms with Gasteiger partial charge in [-0.1, -0.05) is 31.2 Å². The van der Waals surface area contributed by atoms with E-state index in [-0.39, 0.29) is 17.9 Å². The number of carbonyl (C=O) groups excluding carboxylic acids is 1. The summed E-state index contributed by atoms with van der Waals surface area (Å²) in [6.07, 6.45) is 3.64. The Kier molecular flexibility index (Phi) is 4.53. The maximum absolute atomic E-state index is 13.2. The Balaban J connectivity index is 1.51. The standard InChI is InChI=1S/C19H24N4O2/c1-2-17-20-18(22-21-17)16-12-23(10-11-25-16)19(24)15-9-5-7-13-6-3-4-8-14(13)15/h3-4,6,8,15-16H,2,5,7,9-12H2,1H3,(H,20,21,22)/t15-,16-/m0/s1. The third-order valence-electron chi connectivity index (χ3n) is 5.22. The lowest BCUT2D eigenvalue weighted by atomic mass is 9.82. The summed E-state index contributed by atoms with van der Waals surface area (Å²) >= 11 is 0. The topological polar surface area (TPSA) is 71.1 Å². The van der Waals surface area contributed by atoms with E-state index in [9.17, 15) is 4.79 Å². The lowest BCUT2D eigenvalue weighted by Gasteiger charge is -2.35. The van der Waals surface area contributed by atoms with Gasteiger partial charge in [0.1, 0.15) is 11.9 Å². The summed E-state index contributed by atoms with van der Waals surface area (Å²) in [7, 11) is 0. The third-order valence-corrected chi connectivity index (χ3v) is 5.22. The summed E-state index contributed by atoms with van der Waals surface area (Å²) in [6.45, 7) is 3.72. The van der Waals surface area contributed by atoms with E-state index in [0.717, 1.165) is 31.5 Å². The van der Waals surface area contributed by atoms with Crippen LogP contribution in [-0.2, 0) is 22.4 Å². The Morgan fingerprint density at radius 1 is 1.40 bits per heavy atom. The van der Waals surface area contributed by atoms with E-state index in [2.05, 4.69) is 33.4 Å². The Labute approximate surface area is 147 Å². The number of aromatic amines is 1. The molecular weight excluding hydrogens is 316 g/mol. The largest absolute Gasteiger partial charge is 0.366 e. The number of fused-ring (bicyclic) bond motifs is 1.